The topological polar surface area (TPSA) is 116 Å². The van der Waals surface area contributed by atoms with Crippen LogP contribution in [-0.4, -0.2) is 28.6 Å². The van der Waals surface area contributed by atoms with E-state index >= 15 is 0 Å². The van der Waals surface area contributed by atoms with Crippen molar-refractivity contribution in [3.05, 3.63) is 61.7 Å². The summed E-state index contributed by atoms with van der Waals surface area (Å²) in [4.78, 5) is 34.2. The van der Waals surface area contributed by atoms with E-state index in [1.807, 2.05) is 0 Å². The molecule has 0 heterocycles. The number of nitro groups is 1. The van der Waals surface area contributed by atoms with E-state index in [2.05, 4.69) is 0 Å². The van der Waals surface area contributed by atoms with Crippen molar-refractivity contribution in [1.29, 1.82) is 0 Å². The van der Waals surface area contributed by atoms with Crippen LogP contribution in [0.25, 0.3) is 0 Å². The second-order valence-corrected chi connectivity index (χ2v) is 6.21. The summed E-state index contributed by atoms with van der Waals surface area (Å²) in [7, 11) is 0. The Morgan fingerprint density at radius 3 is 2.33 bits per heavy atom. The zero-order valence-electron chi connectivity index (χ0n) is 15.4. The number of nitrogens with zero attached hydrogens (tertiary/aromatic N) is 1. The van der Waals surface area contributed by atoms with Crippen LogP contribution in [0.3, 0.4) is 0 Å². The summed E-state index contributed by atoms with van der Waals surface area (Å²) >= 11 is 5.84. The smallest absolute Gasteiger partial charge is 0.416 e. The maximum absolute atomic E-state index is 12.8. The molecular formula is C18H13ClF3NO7. The standard InChI is InChI=1S/C18H13ClF3NO7/c1-3-29-17(26)14-8(2)15(23(27)28)10(16(24)25)7-13(14)30-12-5-4-9(6-11(12)19)18(20,21)22/h4-7H,3H2,1-2H3,(H,24,25). The number of aromatic carboxylic acids is 1. The number of alkyl halides is 3. The molecule has 160 valence electrons. The van der Waals surface area contributed by atoms with Crippen molar-refractivity contribution in [3.63, 3.8) is 0 Å². The van der Waals surface area contributed by atoms with Crippen molar-refractivity contribution in [2.75, 3.05) is 6.61 Å². The molecule has 0 unspecified atom stereocenters. The summed E-state index contributed by atoms with van der Waals surface area (Å²) in [6.45, 7) is 2.49. The SMILES string of the molecule is CCOC(=O)c1c(Oc2ccc(C(F)(F)F)cc2Cl)cc(C(=O)O)c([N+](=O)[O-])c1C. The molecule has 0 atom stereocenters. The van der Waals surface area contributed by atoms with Crippen LogP contribution in [0.4, 0.5) is 18.9 Å². The first-order valence-electron chi connectivity index (χ1n) is 8.15. The first-order valence-corrected chi connectivity index (χ1v) is 8.53. The molecule has 8 nitrogen and oxygen atoms in total. The Morgan fingerprint density at radius 2 is 1.87 bits per heavy atom. The van der Waals surface area contributed by atoms with E-state index in [-0.39, 0.29) is 17.9 Å². The van der Waals surface area contributed by atoms with Gasteiger partial charge in [-0.3, -0.25) is 10.1 Å². The van der Waals surface area contributed by atoms with Gasteiger partial charge in [-0.25, -0.2) is 9.59 Å². The van der Waals surface area contributed by atoms with E-state index in [1.165, 1.54) is 6.92 Å². The van der Waals surface area contributed by atoms with Crippen LogP contribution in [0.1, 0.15) is 38.8 Å². The first kappa shape index (κ1) is 22.9. The molecule has 0 bridgehead atoms. The number of halogens is 4. The third-order valence-corrected chi connectivity index (χ3v) is 4.17. The van der Waals surface area contributed by atoms with Crippen molar-refractivity contribution >= 4 is 29.2 Å². The quantitative estimate of drug-likeness (QED) is 0.365. The number of esters is 1. The molecule has 0 amide bonds. The molecule has 2 aromatic rings. The third kappa shape index (κ3) is 4.62. The molecule has 0 fully saturated rings. The first-order chi connectivity index (χ1) is 13.9. The molecule has 0 aliphatic rings. The summed E-state index contributed by atoms with van der Waals surface area (Å²) in [5.74, 6) is -3.54. The maximum atomic E-state index is 12.8. The van der Waals surface area contributed by atoms with E-state index in [4.69, 9.17) is 21.1 Å². The van der Waals surface area contributed by atoms with Crippen LogP contribution in [-0.2, 0) is 10.9 Å². The minimum Gasteiger partial charge on any atom is -0.477 e. The lowest BCUT2D eigenvalue weighted by Crippen LogP contribution is -2.13. The highest BCUT2D eigenvalue weighted by Gasteiger charge is 2.33. The van der Waals surface area contributed by atoms with Gasteiger partial charge in [0.1, 0.15) is 22.6 Å². The van der Waals surface area contributed by atoms with Crippen LogP contribution >= 0.6 is 11.6 Å². The predicted molar refractivity (Wildman–Crippen MR) is 97.3 cm³/mol. The number of ether oxygens (including phenoxy) is 2. The molecule has 0 aliphatic heterocycles. The molecule has 12 heteroatoms. The molecule has 0 radical (unpaired) electrons. The summed E-state index contributed by atoms with van der Waals surface area (Å²) in [6.07, 6.45) is -4.67. The summed E-state index contributed by atoms with van der Waals surface area (Å²) < 4.78 is 48.7. The molecule has 0 saturated heterocycles. The van der Waals surface area contributed by atoms with Crippen LogP contribution in [0.15, 0.2) is 24.3 Å². The molecule has 2 rings (SSSR count). The van der Waals surface area contributed by atoms with Crippen molar-refractivity contribution in [3.8, 4) is 11.5 Å². The Bertz CT molecular complexity index is 1040. The molecule has 0 aromatic heterocycles. The highest BCUT2D eigenvalue weighted by Crippen LogP contribution is 2.40. The normalized spacial score (nSPS) is 11.1. The second-order valence-electron chi connectivity index (χ2n) is 5.80. The lowest BCUT2D eigenvalue weighted by molar-refractivity contribution is -0.385. The van der Waals surface area contributed by atoms with Crippen LogP contribution < -0.4 is 4.74 Å². The van der Waals surface area contributed by atoms with Gasteiger partial charge in [0, 0.05) is 11.6 Å². The number of hydrogen-bond donors (Lipinski definition) is 1. The Kier molecular flexibility index (Phi) is 6.56. The number of carboxylic acid groups (broad SMARTS) is 1. The Morgan fingerprint density at radius 1 is 1.23 bits per heavy atom. The average Bonchev–Trinajstić information content (AvgIpc) is 2.61. The molecule has 1 N–H and O–H groups in total. The van der Waals surface area contributed by atoms with Crippen LogP contribution in [0.2, 0.25) is 5.02 Å². The number of carbonyl (C=O) groups is 2. The van der Waals surface area contributed by atoms with Gasteiger partial charge >= 0.3 is 18.1 Å². The van der Waals surface area contributed by atoms with Gasteiger partial charge in [0.25, 0.3) is 5.69 Å². The molecule has 30 heavy (non-hydrogen) atoms. The van der Waals surface area contributed by atoms with Gasteiger partial charge in [-0.05, 0) is 32.0 Å². The monoisotopic (exact) mass is 447 g/mol. The van der Waals surface area contributed by atoms with Crippen LogP contribution in [0, 0.1) is 17.0 Å². The van der Waals surface area contributed by atoms with Crippen molar-refractivity contribution < 1.29 is 42.3 Å². The maximum Gasteiger partial charge on any atom is 0.416 e. The van der Waals surface area contributed by atoms with Gasteiger partial charge in [-0.1, -0.05) is 11.6 Å². The lowest BCUT2D eigenvalue weighted by Gasteiger charge is -2.16. The molecular weight excluding hydrogens is 435 g/mol. The number of carboxylic acids is 1. The van der Waals surface area contributed by atoms with Gasteiger partial charge in [0.2, 0.25) is 0 Å². The lowest BCUT2D eigenvalue weighted by atomic mass is 10.0. The van der Waals surface area contributed by atoms with Gasteiger partial charge in [0.05, 0.1) is 22.1 Å². The van der Waals surface area contributed by atoms with Crippen molar-refractivity contribution in [2.24, 2.45) is 0 Å². The number of hydrogen-bond acceptors (Lipinski definition) is 6. The fourth-order valence-electron chi connectivity index (χ4n) is 2.59. The third-order valence-electron chi connectivity index (χ3n) is 3.88. The number of carbonyl (C=O) groups excluding carboxylic acids is 1. The Balaban J connectivity index is 2.70. The van der Waals surface area contributed by atoms with Crippen LogP contribution in [0.5, 0.6) is 11.5 Å². The van der Waals surface area contributed by atoms with Gasteiger partial charge in [0.15, 0.2) is 0 Å². The predicted octanol–water partition coefficient (Wildman–Crippen LogP) is 5.24. The Hall–Kier alpha value is -3.34. The zero-order valence-corrected chi connectivity index (χ0v) is 16.1. The average molecular weight is 448 g/mol. The highest BCUT2D eigenvalue weighted by atomic mass is 35.5. The van der Waals surface area contributed by atoms with Gasteiger partial charge in [-0.15, -0.1) is 0 Å². The summed E-state index contributed by atoms with van der Waals surface area (Å²) in [6, 6.07) is 2.84. The minimum absolute atomic E-state index is 0.104. The van der Waals surface area contributed by atoms with E-state index in [0.717, 1.165) is 13.0 Å². The van der Waals surface area contributed by atoms with E-state index in [9.17, 15) is 38.0 Å². The van der Waals surface area contributed by atoms with E-state index < -0.39 is 56.2 Å². The van der Waals surface area contributed by atoms with Crippen molar-refractivity contribution in [2.45, 2.75) is 20.0 Å². The second kappa shape index (κ2) is 8.57. The fourth-order valence-corrected chi connectivity index (χ4v) is 2.81. The van der Waals surface area contributed by atoms with Crippen molar-refractivity contribution in [1.82, 2.24) is 0 Å². The molecule has 2 aromatic carbocycles. The zero-order chi connectivity index (χ0) is 22.8. The van der Waals surface area contributed by atoms with Gasteiger partial charge in [-0.2, -0.15) is 13.2 Å². The van der Waals surface area contributed by atoms with Gasteiger partial charge < -0.3 is 14.6 Å². The number of rotatable bonds is 6. The van der Waals surface area contributed by atoms with E-state index in [0.29, 0.717) is 18.2 Å². The highest BCUT2D eigenvalue weighted by molar-refractivity contribution is 6.32. The largest absolute Gasteiger partial charge is 0.477 e. The fraction of sp³-hybridized carbons (Fsp3) is 0.222. The minimum atomic E-state index is -4.67. The summed E-state index contributed by atoms with van der Waals surface area (Å²) in [5.41, 5.74) is -3.50. The van der Waals surface area contributed by atoms with E-state index in [1.54, 1.807) is 0 Å². The molecule has 0 aliphatic carbocycles. The molecule has 0 saturated carbocycles. The molecule has 0 spiro atoms. The summed E-state index contributed by atoms with van der Waals surface area (Å²) in [5, 5.41) is 20.2. The number of nitro benzene ring substituents is 1. The Labute approximate surface area is 171 Å². The number of benzene rings is 2.